The lowest BCUT2D eigenvalue weighted by Gasteiger charge is -2.03. The van der Waals surface area contributed by atoms with E-state index in [2.05, 4.69) is 10.0 Å². The van der Waals surface area contributed by atoms with Gasteiger partial charge in [-0.25, -0.2) is 0 Å². The van der Waals surface area contributed by atoms with Crippen LogP contribution in [-0.2, 0) is 4.79 Å². The van der Waals surface area contributed by atoms with Crippen molar-refractivity contribution in [2.24, 2.45) is 10.8 Å². The summed E-state index contributed by atoms with van der Waals surface area (Å²) < 4.78 is 0. The first-order valence-corrected chi connectivity index (χ1v) is 3.09. The standard InChI is InChI=1S/C5H8N6O2/c1-2(12)9-4(7)3(6)5(13)10-11-8/h13H,6H2,1H3,(H2,7,9,12). The van der Waals surface area contributed by atoms with Crippen molar-refractivity contribution in [1.82, 2.24) is 5.32 Å². The average Bonchev–Trinajstić information content (AvgIpc) is 2.02. The van der Waals surface area contributed by atoms with Crippen LogP contribution in [0.2, 0.25) is 0 Å². The summed E-state index contributed by atoms with van der Waals surface area (Å²) >= 11 is 0. The molecule has 0 aromatic rings. The molecule has 0 bridgehead atoms. The number of rotatable bonds is 2. The summed E-state index contributed by atoms with van der Waals surface area (Å²) in [4.78, 5) is 12.7. The van der Waals surface area contributed by atoms with Crippen LogP contribution in [0.1, 0.15) is 6.92 Å². The largest absolute Gasteiger partial charge is 0.505 e. The molecule has 0 radical (unpaired) electrons. The maximum Gasteiger partial charge on any atom is 0.222 e. The van der Waals surface area contributed by atoms with Crippen LogP contribution in [0.4, 0.5) is 0 Å². The number of hydrogen-bond donors (Lipinski definition) is 4. The van der Waals surface area contributed by atoms with Crippen molar-refractivity contribution in [3.8, 4) is 0 Å². The van der Waals surface area contributed by atoms with Crippen LogP contribution < -0.4 is 11.1 Å². The van der Waals surface area contributed by atoms with Gasteiger partial charge in [0.15, 0.2) is 5.84 Å². The Labute approximate surface area is 73.2 Å². The van der Waals surface area contributed by atoms with Crippen molar-refractivity contribution in [3.05, 3.63) is 22.0 Å². The van der Waals surface area contributed by atoms with Gasteiger partial charge in [0, 0.05) is 11.8 Å². The first kappa shape index (κ1) is 10.8. The number of amides is 1. The Morgan fingerprint density at radius 3 is 2.69 bits per heavy atom. The smallest absolute Gasteiger partial charge is 0.222 e. The maximum atomic E-state index is 10.4. The number of nitrogens with zero attached hydrogens (tertiary/aromatic N) is 3. The molecule has 0 spiro atoms. The molecule has 0 aromatic heterocycles. The Morgan fingerprint density at radius 1 is 1.77 bits per heavy atom. The van der Waals surface area contributed by atoms with Gasteiger partial charge in [0.2, 0.25) is 11.8 Å². The average molecular weight is 184 g/mol. The van der Waals surface area contributed by atoms with Crippen LogP contribution in [-0.4, -0.2) is 16.8 Å². The fourth-order valence-corrected chi connectivity index (χ4v) is 0.451. The zero-order valence-electron chi connectivity index (χ0n) is 6.77. The molecular formula is C5H8N6O2. The highest BCUT2D eigenvalue weighted by Gasteiger charge is 2.06. The molecule has 0 aromatic carbocycles. The van der Waals surface area contributed by atoms with E-state index < -0.39 is 23.3 Å². The van der Waals surface area contributed by atoms with Gasteiger partial charge in [0.1, 0.15) is 5.70 Å². The minimum absolute atomic E-state index is 0.493. The van der Waals surface area contributed by atoms with E-state index in [1.165, 1.54) is 6.92 Å². The molecule has 0 saturated heterocycles. The van der Waals surface area contributed by atoms with Crippen molar-refractivity contribution in [2.75, 3.05) is 0 Å². The number of aliphatic hydroxyl groups excluding tert-OH is 1. The topological polar surface area (TPSA) is 148 Å². The molecule has 0 atom stereocenters. The van der Waals surface area contributed by atoms with Gasteiger partial charge in [0.25, 0.3) is 0 Å². The predicted molar refractivity (Wildman–Crippen MR) is 44.5 cm³/mol. The van der Waals surface area contributed by atoms with Crippen molar-refractivity contribution in [2.45, 2.75) is 6.92 Å². The number of hydrogen-bond acceptors (Lipinski definition) is 5. The van der Waals surface area contributed by atoms with E-state index in [4.69, 9.17) is 21.8 Å². The van der Waals surface area contributed by atoms with Crippen LogP contribution in [0, 0.1) is 5.41 Å². The molecular weight excluding hydrogens is 176 g/mol. The number of amidine groups is 1. The molecule has 5 N–H and O–H groups in total. The third-order valence-corrected chi connectivity index (χ3v) is 0.951. The molecule has 13 heavy (non-hydrogen) atoms. The zero-order chi connectivity index (χ0) is 10.4. The van der Waals surface area contributed by atoms with E-state index in [1.807, 2.05) is 5.32 Å². The van der Waals surface area contributed by atoms with Gasteiger partial charge in [-0.05, 0) is 10.6 Å². The van der Waals surface area contributed by atoms with Gasteiger partial charge in [-0.3, -0.25) is 10.2 Å². The van der Waals surface area contributed by atoms with Gasteiger partial charge in [0.05, 0.1) is 0 Å². The molecule has 0 fully saturated rings. The normalized spacial score (nSPS) is 10.8. The highest BCUT2D eigenvalue weighted by atomic mass is 16.3. The molecule has 0 aliphatic heterocycles. The monoisotopic (exact) mass is 184 g/mol. The Hall–Kier alpha value is -2.21. The Bertz CT molecular complexity index is 313. The highest BCUT2D eigenvalue weighted by molar-refractivity contribution is 6.04. The summed E-state index contributed by atoms with van der Waals surface area (Å²) in [7, 11) is 0. The maximum absolute atomic E-state index is 10.4. The fraction of sp³-hybridized carbons (Fsp3) is 0.200. The van der Waals surface area contributed by atoms with Gasteiger partial charge >= 0.3 is 0 Å². The molecule has 0 aliphatic carbocycles. The molecule has 0 saturated carbocycles. The summed E-state index contributed by atoms with van der Waals surface area (Å²) in [5.41, 5.74) is 12.5. The minimum Gasteiger partial charge on any atom is -0.505 e. The Morgan fingerprint density at radius 2 is 2.31 bits per heavy atom. The van der Waals surface area contributed by atoms with Gasteiger partial charge in [-0.1, -0.05) is 0 Å². The fourth-order valence-electron chi connectivity index (χ4n) is 0.451. The van der Waals surface area contributed by atoms with E-state index in [0.29, 0.717) is 0 Å². The molecule has 1 amide bonds. The third-order valence-electron chi connectivity index (χ3n) is 0.951. The second kappa shape index (κ2) is 4.62. The molecule has 0 heterocycles. The van der Waals surface area contributed by atoms with Crippen molar-refractivity contribution in [1.29, 1.82) is 5.41 Å². The minimum atomic E-state index is -0.846. The molecule has 8 heteroatoms. The lowest BCUT2D eigenvalue weighted by molar-refractivity contribution is -0.117. The summed E-state index contributed by atoms with van der Waals surface area (Å²) in [5.74, 6) is -1.87. The first-order valence-electron chi connectivity index (χ1n) is 3.09. The lowest BCUT2D eigenvalue weighted by Crippen LogP contribution is -2.32. The molecule has 0 unspecified atom stereocenters. The quantitative estimate of drug-likeness (QED) is 0.120. The van der Waals surface area contributed by atoms with Gasteiger partial charge in [-0.2, -0.15) is 0 Å². The summed E-state index contributed by atoms with van der Waals surface area (Å²) in [6, 6.07) is 0. The number of carbonyl (C=O) groups excluding carboxylic acids is 1. The summed E-state index contributed by atoms with van der Waals surface area (Å²) in [6.45, 7) is 1.17. The van der Waals surface area contributed by atoms with Crippen LogP contribution in [0.15, 0.2) is 16.7 Å². The Balaban J connectivity index is 4.67. The van der Waals surface area contributed by atoms with E-state index in [-0.39, 0.29) is 0 Å². The highest BCUT2D eigenvalue weighted by Crippen LogP contribution is 1.96. The van der Waals surface area contributed by atoms with Gasteiger partial charge in [-0.15, -0.1) is 0 Å². The molecule has 8 nitrogen and oxygen atoms in total. The number of nitrogens with one attached hydrogen (secondary N) is 2. The number of nitrogens with two attached hydrogens (primary N) is 1. The van der Waals surface area contributed by atoms with E-state index in [9.17, 15) is 4.79 Å². The van der Waals surface area contributed by atoms with E-state index in [0.717, 1.165) is 0 Å². The van der Waals surface area contributed by atoms with Crippen LogP contribution in [0.25, 0.3) is 10.4 Å². The first-order chi connectivity index (χ1) is 5.99. The van der Waals surface area contributed by atoms with Crippen molar-refractivity contribution >= 4 is 11.7 Å². The molecule has 70 valence electrons. The second-order valence-electron chi connectivity index (χ2n) is 1.98. The van der Waals surface area contributed by atoms with Crippen molar-refractivity contribution < 1.29 is 9.90 Å². The number of carbonyl (C=O) groups is 1. The van der Waals surface area contributed by atoms with E-state index >= 15 is 0 Å². The second-order valence-corrected chi connectivity index (χ2v) is 1.98. The van der Waals surface area contributed by atoms with E-state index in [1.54, 1.807) is 0 Å². The summed E-state index contributed by atoms with van der Waals surface area (Å²) in [6.07, 6.45) is 0. The van der Waals surface area contributed by atoms with Crippen LogP contribution >= 0.6 is 0 Å². The van der Waals surface area contributed by atoms with Crippen molar-refractivity contribution in [3.63, 3.8) is 0 Å². The SMILES string of the molecule is CC(=O)NC(=N)C(N)=C(O)N=[N+]=[N-]. The Kier molecular flexibility index (Phi) is 3.84. The number of azide groups is 1. The van der Waals surface area contributed by atoms with Crippen LogP contribution in [0.3, 0.4) is 0 Å². The summed E-state index contributed by atoms with van der Waals surface area (Å²) in [5, 5.41) is 20.7. The zero-order valence-corrected chi connectivity index (χ0v) is 6.77. The predicted octanol–water partition coefficient (Wildman–Crippen LogP) is 0.0959. The van der Waals surface area contributed by atoms with Gasteiger partial charge < -0.3 is 16.2 Å². The molecule has 0 aliphatic rings. The third kappa shape index (κ3) is 3.63. The lowest BCUT2D eigenvalue weighted by atomic mass is 10.4. The number of aliphatic hydroxyl groups is 1. The van der Waals surface area contributed by atoms with Crippen LogP contribution in [0.5, 0.6) is 0 Å². The molecule has 0 rings (SSSR count).